The molecule has 0 bridgehead atoms. The molecule has 0 radical (unpaired) electrons. The van der Waals surface area contributed by atoms with Gasteiger partial charge in [-0.05, 0) is 54.1 Å². The smallest absolute Gasteiger partial charge is 0.220 e. The van der Waals surface area contributed by atoms with Gasteiger partial charge in [-0.25, -0.2) is 19.3 Å². The molecule has 0 spiro atoms. The van der Waals surface area contributed by atoms with E-state index in [1.54, 1.807) is 0 Å². The van der Waals surface area contributed by atoms with Crippen LogP contribution in [0.25, 0.3) is 22.2 Å². The Labute approximate surface area is 152 Å². The van der Waals surface area contributed by atoms with E-state index in [4.69, 9.17) is 10.7 Å². The maximum Gasteiger partial charge on any atom is 0.220 e. The lowest BCUT2D eigenvalue weighted by atomic mass is 9.93. The van der Waals surface area contributed by atoms with Crippen LogP contribution in [0.2, 0.25) is 0 Å². The van der Waals surface area contributed by atoms with Crippen molar-refractivity contribution in [2.45, 2.75) is 44.1 Å². The number of hydrogen-bond donors (Lipinski definition) is 1. The Balaban J connectivity index is 1.83. The van der Waals surface area contributed by atoms with Gasteiger partial charge in [0.2, 0.25) is 5.95 Å². The van der Waals surface area contributed by atoms with Crippen molar-refractivity contribution in [2.75, 3.05) is 5.73 Å². The molecule has 0 saturated heterocycles. The number of nitrogens with two attached hydrogens (primary N) is 1. The Bertz CT molecular complexity index is 991. The van der Waals surface area contributed by atoms with Gasteiger partial charge in [-0.1, -0.05) is 0 Å². The zero-order valence-electron chi connectivity index (χ0n) is 13.5. The second kappa shape index (κ2) is 5.49. The fourth-order valence-electron chi connectivity index (χ4n) is 3.63. The van der Waals surface area contributed by atoms with Crippen LogP contribution < -0.4 is 5.73 Å². The molecule has 2 saturated carbocycles. The van der Waals surface area contributed by atoms with Crippen LogP contribution in [0.4, 0.5) is 10.3 Å². The van der Waals surface area contributed by atoms with E-state index in [-0.39, 0.29) is 11.6 Å². The third-order valence-corrected chi connectivity index (χ3v) is 5.66. The molecular formula is C18H17BrFN5. The molecule has 0 amide bonds. The quantitative estimate of drug-likeness (QED) is 0.652. The lowest BCUT2D eigenvalue weighted by Gasteiger charge is -2.28. The van der Waals surface area contributed by atoms with Crippen LogP contribution in [0, 0.1) is 5.82 Å². The minimum absolute atomic E-state index is 0.0801. The standard InChI is InChI=1S/C18H17BrFN5/c19-14-6-11-12(16-13(20)7-22-18(21)24-16)8-25(10-2-1-3-10)17(11)15(23-14)9-4-5-9/h6-10H,1-5H2,(H2,21,22,24). The number of anilines is 1. The summed E-state index contributed by atoms with van der Waals surface area (Å²) in [7, 11) is 0. The average Bonchev–Trinajstić information content (AvgIpc) is 3.31. The molecule has 3 aromatic heterocycles. The summed E-state index contributed by atoms with van der Waals surface area (Å²) in [6.45, 7) is 0. The van der Waals surface area contributed by atoms with Crippen LogP contribution in [0.15, 0.2) is 23.1 Å². The summed E-state index contributed by atoms with van der Waals surface area (Å²) in [6, 6.07) is 2.42. The summed E-state index contributed by atoms with van der Waals surface area (Å²) < 4.78 is 17.5. The normalized spacial score (nSPS) is 17.8. The molecule has 5 nitrogen and oxygen atoms in total. The fourth-order valence-corrected chi connectivity index (χ4v) is 4.05. The van der Waals surface area contributed by atoms with E-state index >= 15 is 0 Å². The van der Waals surface area contributed by atoms with Crippen molar-refractivity contribution in [2.24, 2.45) is 0 Å². The molecule has 7 heteroatoms. The first-order valence-corrected chi connectivity index (χ1v) is 9.40. The Hall–Kier alpha value is -2.02. The highest BCUT2D eigenvalue weighted by molar-refractivity contribution is 9.10. The van der Waals surface area contributed by atoms with E-state index in [0.29, 0.717) is 12.0 Å². The predicted molar refractivity (Wildman–Crippen MR) is 97.7 cm³/mol. The molecule has 25 heavy (non-hydrogen) atoms. The van der Waals surface area contributed by atoms with Gasteiger partial charge in [0.25, 0.3) is 0 Å². The number of nitrogens with zero attached hydrogens (tertiary/aromatic N) is 4. The van der Waals surface area contributed by atoms with Crippen molar-refractivity contribution in [1.82, 2.24) is 19.5 Å². The molecule has 0 aliphatic heterocycles. The van der Waals surface area contributed by atoms with Gasteiger partial charge in [-0.15, -0.1) is 0 Å². The lowest BCUT2D eigenvalue weighted by Crippen LogP contribution is -2.16. The Morgan fingerprint density at radius 1 is 1.20 bits per heavy atom. The summed E-state index contributed by atoms with van der Waals surface area (Å²) in [6.07, 6.45) is 9.03. The van der Waals surface area contributed by atoms with Gasteiger partial charge in [0.05, 0.1) is 17.4 Å². The van der Waals surface area contributed by atoms with E-state index in [0.717, 1.165) is 45.8 Å². The lowest BCUT2D eigenvalue weighted by molar-refractivity contribution is 0.321. The van der Waals surface area contributed by atoms with Crippen LogP contribution in [0.1, 0.15) is 49.8 Å². The second-order valence-electron chi connectivity index (χ2n) is 6.96. The summed E-state index contributed by atoms with van der Waals surface area (Å²) in [4.78, 5) is 12.7. The Kier molecular flexibility index (Phi) is 3.35. The maximum atomic E-state index is 14.4. The number of pyridine rings is 1. The number of nitrogen functional groups attached to an aromatic ring is 1. The van der Waals surface area contributed by atoms with Gasteiger partial charge in [-0.3, -0.25) is 0 Å². The third kappa shape index (κ3) is 2.44. The summed E-state index contributed by atoms with van der Waals surface area (Å²) in [5.74, 6) is 0.126. The SMILES string of the molecule is Nc1ncc(F)c(-c2cn(C3CCC3)c3c(C4CC4)nc(Br)cc23)n1. The van der Waals surface area contributed by atoms with Crippen molar-refractivity contribution < 1.29 is 4.39 Å². The highest BCUT2D eigenvalue weighted by atomic mass is 79.9. The maximum absolute atomic E-state index is 14.4. The first-order chi connectivity index (χ1) is 12.1. The molecule has 0 atom stereocenters. The van der Waals surface area contributed by atoms with Gasteiger partial charge >= 0.3 is 0 Å². The van der Waals surface area contributed by atoms with E-state index in [9.17, 15) is 4.39 Å². The molecule has 3 aromatic rings. The Morgan fingerprint density at radius 2 is 2.00 bits per heavy atom. The predicted octanol–water partition coefficient (Wildman–Crippen LogP) is 4.58. The van der Waals surface area contributed by atoms with Crippen molar-refractivity contribution in [1.29, 1.82) is 0 Å². The zero-order chi connectivity index (χ0) is 17.1. The van der Waals surface area contributed by atoms with Crippen LogP contribution in [-0.4, -0.2) is 19.5 Å². The average molecular weight is 402 g/mol. The molecule has 128 valence electrons. The topological polar surface area (TPSA) is 69.6 Å². The third-order valence-electron chi connectivity index (χ3n) is 5.25. The number of rotatable bonds is 3. The summed E-state index contributed by atoms with van der Waals surface area (Å²) >= 11 is 3.52. The van der Waals surface area contributed by atoms with Crippen LogP contribution in [0.5, 0.6) is 0 Å². The fraction of sp³-hybridized carbons (Fsp3) is 0.389. The number of hydrogen-bond acceptors (Lipinski definition) is 4. The van der Waals surface area contributed by atoms with Crippen molar-refractivity contribution in [3.63, 3.8) is 0 Å². The van der Waals surface area contributed by atoms with E-state index in [1.165, 1.54) is 19.3 Å². The minimum Gasteiger partial charge on any atom is -0.368 e. The van der Waals surface area contributed by atoms with Gasteiger partial charge < -0.3 is 10.3 Å². The van der Waals surface area contributed by atoms with Crippen LogP contribution in [-0.2, 0) is 0 Å². The van der Waals surface area contributed by atoms with E-state index in [1.807, 2.05) is 12.3 Å². The Morgan fingerprint density at radius 3 is 2.68 bits per heavy atom. The highest BCUT2D eigenvalue weighted by Crippen LogP contribution is 2.47. The monoisotopic (exact) mass is 401 g/mol. The van der Waals surface area contributed by atoms with Gasteiger partial charge in [0.1, 0.15) is 10.3 Å². The van der Waals surface area contributed by atoms with Crippen molar-refractivity contribution >= 4 is 32.8 Å². The number of aromatic nitrogens is 4. The van der Waals surface area contributed by atoms with Gasteiger partial charge in [-0.2, -0.15) is 0 Å². The molecule has 3 heterocycles. The van der Waals surface area contributed by atoms with Crippen molar-refractivity contribution in [3.8, 4) is 11.3 Å². The van der Waals surface area contributed by atoms with Gasteiger partial charge in [0, 0.05) is 29.1 Å². The molecule has 0 aromatic carbocycles. The van der Waals surface area contributed by atoms with Crippen LogP contribution >= 0.6 is 15.9 Å². The molecule has 2 fully saturated rings. The van der Waals surface area contributed by atoms with E-state index in [2.05, 4.69) is 30.5 Å². The molecule has 0 unspecified atom stereocenters. The molecule has 2 aliphatic carbocycles. The highest BCUT2D eigenvalue weighted by Gasteiger charge is 2.32. The first-order valence-electron chi connectivity index (χ1n) is 8.61. The summed E-state index contributed by atoms with van der Waals surface area (Å²) in [5, 5.41) is 0.979. The zero-order valence-corrected chi connectivity index (χ0v) is 15.1. The van der Waals surface area contributed by atoms with Crippen LogP contribution in [0.3, 0.4) is 0 Å². The number of fused-ring (bicyclic) bond motifs is 1. The molecule has 2 aliphatic rings. The molecule has 5 rings (SSSR count). The summed E-state index contributed by atoms with van der Waals surface area (Å²) in [5.41, 5.74) is 8.98. The van der Waals surface area contributed by atoms with Crippen molar-refractivity contribution in [3.05, 3.63) is 34.6 Å². The molecule has 2 N–H and O–H groups in total. The second-order valence-corrected chi connectivity index (χ2v) is 7.77. The number of halogens is 2. The largest absolute Gasteiger partial charge is 0.368 e. The van der Waals surface area contributed by atoms with Gasteiger partial charge in [0.15, 0.2) is 5.82 Å². The molecular weight excluding hydrogens is 385 g/mol. The van der Waals surface area contributed by atoms with E-state index < -0.39 is 5.82 Å². The first kappa shape index (κ1) is 15.3. The minimum atomic E-state index is -0.456.